The molecular formula is C13H8Br2F2O. The van der Waals surface area contributed by atoms with Gasteiger partial charge in [-0.25, -0.2) is 8.78 Å². The lowest BCUT2D eigenvalue weighted by molar-refractivity contribution is 0.219. The van der Waals surface area contributed by atoms with Crippen LogP contribution >= 0.6 is 31.9 Å². The highest BCUT2D eigenvalue weighted by atomic mass is 79.9. The summed E-state index contributed by atoms with van der Waals surface area (Å²) in [6.07, 6.45) is -1.01. The van der Waals surface area contributed by atoms with E-state index in [9.17, 15) is 13.9 Å². The number of hydrogen-bond acceptors (Lipinski definition) is 1. The molecule has 94 valence electrons. The van der Waals surface area contributed by atoms with E-state index >= 15 is 0 Å². The average Bonchev–Trinajstić information content (AvgIpc) is 2.30. The van der Waals surface area contributed by atoms with Crippen LogP contribution in [0.4, 0.5) is 8.78 Å². The molecule has 2 rings (SSSR count). The van der Waals surface area contributed by atoms with E-state index in [2.05, 4.69) is 31.9 Å². The van der Waals surface area contributed by atoms with Gasteiger partial charge in [0.15, 0.2) is 0 Å². The van der Waals surface area contributed by atoms with Crippen molar-refractivity contribution in [2.75, 3.05) is 0 Å². The zero-order chi connectivity index (χ0) is 13.3. The second kappa shape index (κ2) is 5.47. The molecule has 1 atom stereocenters. The van der Waals surface area contributed by atoms with Gasteiger partial charge in [0.1, 0.15) is 17.7 Å². The van der Waals surface area contributed by atoms with Crippen molar-refractivity contribution in [2.24, 2.45) is 0 Å². The Morgan fingerprint density at radius 2 is 1.67 bits per heavy atom. The normalized spacial score (nSPS) is 12.5. The molecule has 18 heavy (non-hydrogen) atoms. The van der Waals surface area contributed by atoms with E-state index in [0.29, 0.717) is 15.6 Å². The summed E-state index contributed by atoms with van der Waals surface area (Å²) in [5.74, 6) is -0.856. The molecule has 0 radical (unpaired) electrons. The van der Waals surface area contributed by atoms with Gasteiger partial charge in [-0.05, 0) is 57.4 Å². The van der Waals surface area contributed by atoms with Gasteiger partial charge < -0.3 is 5.11 Å². The van der Waals surface area contributed by atoms with E-state index in [-0.39, 0.29) is 4.47 Å². The number of hydrogen-bond donors (Lipinski definition) is 1. The summed E-state index contributed by atoms with van der Waals surface area (Å²) in [6.45, 7) is 0. The third-order valence-electron chi connectivity index (χ3n) is 2.46. The van der Waals surface area contributed by atoms with Crippen LogP contribution in [0.5, 0.6) is 0 Å². The van der Waals surface area contributed by atoms with Crippen LogP contribution in [-0.4, -0.2) is 5.11 Å². The third-order valence-corrected chi connectivity index (χ3v) is 3.53. The molecule has 2 aromatic carbocycles. The molecule has 1 unspecified atom stereocenters. The van der Waals surface area contributed by atoms with Crippen LogP contribution in [0.1, 0.15) is 17.2 Å². The van der Waals surface area contributed by atoms with E-state index in [4.69, 9.17) is 0 Å². The Labute approximate surface area is 120 Å². The second-order valence-electron chi connectivity index (χ2n) is 3.78. The van der Waals surface area contributed by atoms with Crippen molar-refractivity contribution in [2.45, 2.75) is 6.10 Å². The lowest BCUT2D eigenvalue weighted by Crippen LogP contribution is -2.01. The van der Waals surface area contributed by atoms with Crippen LogP contribution in [-0.2, 0) is 0 Å². The van der Waals surface area contributed by atoms with Crippen LogP contribution in [0, 0.1) is 11.6 Å². The lowest BCUT2D eigenvalue weighted by Gasteiger charge is -2.12. The highest BCUT2D eigenvalue weighted by Gasteiger charge is 2.13. The van der Waals surface area contributed by atoms with Gasteiger partial charge in [0, 0.05) is 4.47 Å². The Balaban J connectivity index is 2.40. The fourth-order valence-electron chi connectivity index (χ4n) is 1.61. The van der Waals surface area contributed by atoms with Crippen LogP contribution in [0.3, 0.4) is 0 Å². The molecule has 0 amide bonds. The molecule has 5 heteroatoms. The van der Waals surface area contributed by atoms with Crippen LogP contribution in [0.15, 0.2) is 45.3 Å². The summed E-state index contributed by atoms with van der Waals surface area (Å²) in [6, 6.07) is 8.34. The van der Waals surface area contributed by atoms with Crippen molar-refractivity contribution < 1.29 is 13.9 Å². The predicted molar refractivity (Wildman–Crippen MR) is 72.3 cm³/mol. The van der Waals surface area contributed by atoms with Crippen molar-refractivity contribution >= 4 is 31.9 Å². The molecule has 1 nitrogen and oxygen atoms in total. The smallest absolute Gasteiger partial charge is 0.137 e. The Bertz CT molecular complexity index is 567. The average molecular weight is 378 g/mol. The Morgan fingerprint density at radius 3 is 2.28 bits per heavy atom. The van der Waals surface area contributed by atoms with Gasteiger partial charge in [0.25, 0.3) is 0 Å². The molecule has 0 aromatic heterocycles. The lowest BCUT2D eigenvalue weighted by atomic mass is 10.0. The SMILES string of the molecule is OC(c1cc(F)cc(Br)c1)c1ccc(F)c(Br)c1. The Kier molecular flexibility index (Phi) is 4.14. The van der Waals surface area contributed by atoms with Gasteiger partial charge in [-0.2, -0.15) is 0 Å². The van der Waals surface area contributed by atoms with E-state index in [0.717, 1.165) is 0 Å². The van der Waals surface area contributed by atoms with Gasteiger partial charge >= 0.3 is 0 Å². The Hall–Kier alpha value is -0.780. The van der Waals surface area contributed by atoms with Crippen molar-refractivity contribution in [3.63, 3.8) is 0 Å². The van der Waals surface area contributed by atoms with Crippen molar-refractivity contribution in [3.05, 3.63) is 68.1 Å². The molecule has 0 heterocycles. The molecule has 0 aliphatic heterocycles. The molecule has 0 fully saturated rings. The summed E-state index contributed by atoms with van der Waals surface area (Å²) in [4.78, 5) is 0. The first-order chi connectivity index (χ1) is 8.47. The van der Waals surface area contributed by atoms with Gasteiger partial charge in [0.05, 0.1) is 4.47 Å². The fourth-order valence-corrected chi connectivity index (χ4v) is 2.49. The minimum atomic E-state index is -1.01. The number of benzene rings is 2. The maximum absolute atomic E-state index is 13.2. The summed E-state index contributed by atoms with van der Waals surface area (Å²) in [5.41, 5.74) is 0.890. The highest BCUT2D eigenvalue weighted by molar-refractivity contribution is 9.10. The first-order valence-corrected chi connectivity index (χ1v) is 6.65. The van der Waals surface area contributed by atoms with Gasteiger partial charge in [-0.3, -0.25) is 0 Å². The molecule has 0 spiro atoms. The molecule has 0 aliphatic carbocycles. The zero-order valence-corrected chi connectivity index (χ0v) is 12.2. The van der Waals surface area contributed by atoms with Crippen molar-refractivity contribution in [1.29, 1.82) is 0 Å². The second-order valence-corrected chi connectivity index (χ2v) is 5.55. The maximum atomic E-state index is 13.2. The number of aliphatic hydroxyl groups is 1. The predicted octanol–water partition coefficient (Wildman–Crippen LogP) is 4.57. The molecule has 1 N–H and O–H groups in total. The first kappa shape index (κ1) is 13.6. The molecular weight excluding hydrogens is 370 g/mol. The zero-order valence-electron chi connectivity index (χ0n) is 9.00. The summed E-state index contributed by atoms with van der Waals surface area (Å²) in [7, 11) is 0. The van der Waals surface area contributed by atoms with Crippen LogP contribution < -0.4 is 0 Å². The highest BCUT2D eigenvalue weighted by Crippen LogP contribution is 2.28. The topological polar surface area (TPSA) is 20.2 Å². The van der Waals surface area contributed by atoms with E-state index in [1.165, 1.54) is 30.3 Å². The Morgan fingerprint density at radius 1 is 0.944 bits per heavy atom. The van der Waals surface area contributed by atoms with E-state index < -0.39 is 17.7 Å². The minimum Gasteiger partial charge on any atom is -0.384 e. The fraction of sp³-hybridized carbons (Fsp3) is 0.0769. The molecule has 0 saturated carbocycles. The number of halogens is 4. The molecule has 0 aliphatic rings. The van der Waals surface area contributed by atoms with E-state index in [1.807, 2.05) is 0 Å². The van der Waals surface area contributed by atoms with Crippen molar-refractivity contribution in [1.82, 2.24) is 0 Å². The standard InChI is InChI=1S/C13H8Br2F2O/c14-9-3-8(4-10(16)6-9)13(18)7-1-2-12(17)11(15)5-7/h1-6,13,18H. The third kappa shape index (κ3) is 2.96. The molecule has 2 aromatic rings. The molecule has 0 saturated heterocycles. The van der Waals surface area contributed by atoms with Crippen molar-refractivity contribution in [3.8, 4) is 0 Å². The summed E-state index contributed by atoms with van der Waals surface area (Å²) < 4.78 is 27.1. The quantitative estimate of drug-likeness (QED) is 0.812. The monoisotopic (exact) mass is 376 g/mol. The number of rotatable bonds is 2. The number of aliphatic hydroxyl groups excluding tert-OH is 1. The van der Waals surface area contributed by atoms with Gasteiger partial charge in [-0.15, -0.1) is 0 Å². The van der Waals surface area contributed by atoms with E-state index in [1.54, 1.807) is 6.07 Å². The maximum Gasteiger partial charge on any atom is 0.137 e. The molecule has 0 bridgehead atoms. The van der Waals surface area contributed by atoms with Gasteiger partial charge in [0.2, 0.25) is 0 Å². The van der Waals surface area contributed by atoms with Crippen LogP contribution in [0.2, 0.25) is 0 Å². The van der Waals surface area contributed by atoms with Crippen LogP contribution in [0.25, 0.3) is 0 Å². The minimum absolute atomic E-state index is 0.259. The summed E-state index contributed by atoms with van der Waals surface area (Å²) in [5, 5.41) is 10.1. The van der Waals surface area contributed by atoms with Gasteiger partial charge in [-0.1, -0.05) is 22.0 Å². The summed E-state index contributed by atoms with van der Waals surface area (Å²) >= 11 is 6.21. The first-order valence-electron chi connectivity index (χ1n) is 5.06. The largest absolute Gasteiger partial charge is 0.384 e.